The van der Waals surface area contributed by atoms with Gasteiger partial charge in [0.25, 0.3) is 0 Å². The van der Waals surface area contributed by atoms with E-state index < -0.39 is 11.9 Å². The molecule has 0 amide bonds. The molecule has 0 saturated carbocycles. The number of imidazole rings is 2. The van der Waals surface area contributed by atoms with E-state index in [0.29, 0.717) is 29.6 Å². The van der Waals surface area contributed by atoms with E-state index in [0.717, 1.165) is 28.5 Å². The van der Waals surface area contributed by atoms with Crippen molar-refractivity contribution in [1.82, 2.24) is 29.5 Å². The molecule has 5 aromatic rings. The van der Waals surface area contributed by atoms with Crippen molar-refractivity contribution in [2.24, 2.45) is 7.05 Å². The summed E-state index contributed by atoms with van der Waals surface area (Å²) in [7, 11) is 1.55. The summed E-state index contributed by atoms with van der Waals surface area (Å²) in [5.41, 5.74) is 4.90. The second kappa shape index (κ2) is 9.10. The maximum absolute atomic E-state index is 13.0. The van der Waals surface area contributed by atoms with Gasteiger partial charge in [0.1, 0.15) is 17.0 Å². The molecular weight excluding hydrogens is 467 g/mol. The number of hydrogen-bond acceptors (Lipinski definition) is 5. The van der Waals surface area contributed by atoms with Crippen molar-refractivity contribution < 1.29 is 13.2 Å². The first-order valence-corrected chi connectivity index (χ1v) is 11.4. The second-order valence-corrected chi connectivity index (χ2v) is 8.85. The van der Waals surface area contributed by atoms with Crippen molar-refractivity contribution in [2.75, 3.05) is 5.32 Å². The highest BCUT2D eigenvalue weighted by atomic mass is 19.4. The minimum absolute atomic E-state index is 0.252. The molecule has 0 spiro atoms. The summed E-state index contributed by atoms with van der Waals surface area (Å²) in [6.45, 7) is 4.71. The number of rotatable bonds is 6. The lowest BCUT2D eigenvalue weighted by molar-refractivity contribution is -0.140. The predicted molar refractivity (Wildman–Crippen MR) is 132 cm³/mol. The molecule has 0 aliphatic heterocycles. The maximum Gasteiger partial charge on any atom is 0.434 e. The molecule has 36 heavy (non-hydrogen) atoms. The zero-order chi connectivity index (χ0) is 25.4. The zero-order valence-electron chi connectivity index (χ0n) is 19.9. The quantitative estimate of drug-likeness (QED) is 0.297. The van der Waals surface area contributed by atoms with E-state index in [1.54, 1.807) is 25.5 Å². The van der Waals surface area contributed by atoms with Crippen LogP contribution in [-0.4, -0.2) is 29.5 Å². The number of anilines is 1. The molecule has 7 nitrogen and oxygen atoms in total. The highest BCUT2D eigenvalue weighted by molar-refractivity contribution is 5.89. The van der Waals surface area contributed by atoms with E-state index in [-0.39, 0.29) is 5.82 Å². The van der Waals surface area contributed by atoms with Crippen LogP contribution in [0.3, 0.4) is 0 Å². The van der Waals surface area contributed by atoms with E-state index in [4.69, 9.17) is 4.98 Å². The Morgan fingerprint density at radius 3 is 2.44 bits per heavy atom. The third-order valence-electron chi connectivity index (χ3n) is 5.95. The van der Waals surface area contributed by atoms with E-state index in [1.165, 1.54) is 10.1 Å². The lowest BCUT2D eigenvalue weighted by Crippen LogP contribution is -2.06. The third-order valence-corrected chi connectivity index (χ3v) is 5.95. The molecule has 0 atom stereocenters. The number of nitrogens with one attached hydrogen (secondary N) is 2. The molecular formula is C26H24F3N7. The Labute approximate surface area is 205 Å². The van der Waals surface area contributed by atoms with Crippen LogP contribution < -0.4 is 5.32 Å². The second-order valence-electron chi connectivity index (χ2n) is 8.85. The van der Waals surface area contributed by atoms with Crippen molar-refractivity contribution in [3.63, 3.8) is 0 Å². The molecule has 2 aromatic carbocycles. The van der Waals surface area contributed by atoms with E-state index >= 15 is 0 Å². The van der Waals surface area contributed by atoms with Gasteiger partial charge in [-0.2, -0.15) is 18.2 Å². The summed E-state index contributed by atoms with van der Waals surface area (Å²) >= 11 is 0. The fraction of sp³-hybridized carbons (Fsp3) is 0.231. The van der Waals surface area contributed by atoms with Crippen LogP contribution in [0.25, 0.3) is 33.8 Å². The SMILES string of the molecule is CC(C)c1ccccc1-c1nc(NCc2ccc(-c3nc(C(F)(F)F)cn3C)cc2)nc2nc[nH]c12. The topological polar surface area (TPSA) is 84.3 Å². The Bertz CT molecular complexity index is 1520. The lowest BCUT2D eigenvalue weighted by Gasteiger charge is -2.14. The summed E-state index contributed by atoms with van der Waals surface area (Å²) in [5.74, 6) is 1.00. The van der Waals surface area contributed by atoms with Gasteiger partial charge in [-0.3, -0.25) is 0 Å². The number of hydrogen-bond donors (Lipinski definition) is 2. The molecule has 2 N–H and O–H groups in total. The largest absolute Gasteiger partial charge is 0.434 e. The average molecular weight is 492 g/mol. The highest BCUT2D eigenvalue weighted by Crippen LogP contribution is 2.33. The minimum atomic E-state index is -4.48. The monoisotopic (exact) mass is 491 g/mol. The molecule has 0 bridgehead atoms. The fourth-order valence-corrected chi connectivity index (χ4v) is 4.15. The number of nitrogens with zero attached hydrogens (tertiary/aromatic N) is 5. The first-order chi connectivity index (χ1) is 17.2. The lowest BCUT2D eigenvalue weighted by atomic mass is 9.95. The van der Waals surface area contributed by atoms with Gasteiger partial charge in [-0.1, -0.05) is 62.4 Å². The smallest absolute Gasteiger partial charge is 0.350 e. The summed E-state index contributed by atoms with van der Waals surface area (Å²) < 4.78 is 40.4. The summed E-state index contributed by atoms with van der Waals surface area (Å²) in [6, 6.07) is 15.3. The number of aromatic nitrogens is 6. The van der Waals surface area contributed by atoms with Crippen LogP contribution >= 0.6 is 0 Å². The summed E-state index contributed by atoms with van der Waals surface area (Å²) in [6.07, 6.45) is -1.89. The summed E-state index contributed by atoms with van der Waals surface area (Å²) in [4.78, 5) is 20.5. The standard InChI is InChI=1S/C26H24F3N7/c1-15(2)18-6-4-5-7-19(18)21-22-23(32-14-31-22)35-25(34-21)30-12-16-8-10-17(11-9-16)24-33-20(13-36(24)3)26(27,28)29/h4-11,13-15H,12H2,1-3H3,(H2,30,31,32,34,35). The Morgan fingerprint density at radius 1 is 1.00 bits per heavy atom. The maximum atomic E-state index is 13.0. The van der Waals surface area contributed by atoms with Crippen LogP contribution in [0.4, 0.5) is 19.1 Å². The molecule has 3 heterocycles. The number of halogens is 3. The van der Waals surface area contributed by atoms with Gasteiger partial charge in [0.2, 0.25) is 5.95 Å². The molecule has 10 heteroatoms. The van der Waals surface area contributed by atoms with Crippen molar-refractivity contribution in [3.05, 3.63) is 77.9 Å². The van der Waals surface area contributed by atoms with Crippen molar-refractivity contribution >= 4 is 17.1 Å². The van der Waals surface area contributed by atoms with Crippen LogP contribution in [-0.2, 0) is 19.8 Å². The fourth-order valence-electron chi connectivity index (χ4n) is 4.15. The van der Waals surface area contributed by atoms with Gasteiger partial charge < -0.3 is 14.9 Å². The number of aromatic amines is 1. The molecule has 0 aliphatic rings. The number of aryl methyl sites for hydroxylation is 1. The van der Waals surface area contributed by atoms with Crippen molar-refractivity contribution in [2.45, 2.75) is 32.5 Å². The minimum Gasteiger partial charge on any atom is -0.350 e. The Kier molecular flexibility index (Phi) is 5.95. The predicted octanol–water partition coefficient (Wildman–Crippen LogP) is 6.17. The molecule has 5 rings (SSSR count). The molecule has 0 aliphatic carbocycles. The van der Waals surface area contributed by atoms with Crippen molar-refractivity contribution in [3.8, 4) is 22.6 Å². The van der Waals surface area contributed by atoms with Crippen LogP contribution in [0.1, 0.15) is 36.6 Å². The van der Waals surface area contributed by atoms with E-state index in [1.807, 2.05) is 30.3 Å². The van der Waals surface area contributed by atoms with Gasteiger partial charge in [-0.05, 0) is 17.0 Å². The molecule has 0 unspecified atom stereocenters. The first-order valence-electron chi connectivity index (χ1n) is 11.4. The van der Waals surface area contributed by atoms with Crippen LogP contribution in [0.15, 0.2) is 61.1 Å². The van der Waals surface area contributed by atoms with Crippen molar-refractivity contribution in [1.29, 1.82) is 0 Å². The highest BCUT2D eigenvalue weighted by Gasteiger charge is 2.34. The van der Waals surface area contributed by atoms with Crippen LogP contribution in [0.2, 0.25) is 0 Å². The molecule has 0 saturated heterocycles. The molecule has 3 aromatic heterocycles. The van der Waals surface area contributed by atoms with Gasteiger partial charge >= 0.3 is 6.18 Å². The van der Waals surface area contributed by atoms with E-state index in [2.05, 4.69) is 45.2 Å². The number of H-pyrrole nitrogens is 1. The number of alkyl halides is 3. The molecule has 0 fully saturated rings. The Morgan fingerprint density at radius 2 is 1.75 bits per heavy atom. The zero-order valence-corrected chi connectivity index (χ0v) is 19.9. The summed E-state index contributed by atoms with van der Waals surface area (Å²) in [5, 5.41) is 3.25. The van der Waals surface area contributed by atoms with Gasteiger partial charge in [0.05, 0.1) is 6.33 Å². The number of benzene rings is 2. The van der Waals surface area contributed by atoms with Gasteiger partial charge in [0, 0.05) is 30.9 Å². The third kappa shape index (κ3) is 4.53. The first kappa shape index (κ1) is 23.5. The van der Waals surface area contributed by atoms with Crippen LogP contribution in [0, 0.1) is 0 Å². The average Bonchev–Trinajstić information content (AvgIpc) is 3.49. The van der Waals surface area contributed by atoms with Gasteiger partial charge in [-0.25, -0.2) is 15.0 Å². The molecule has 184 valence electrons. The Hall–Kier alpha value is -4.21. The van der Waals surface area contributed by atoms with Gasteiger partial charge in [0.15, 0.2) is 11.3 Å². The number of fused-ring (bicyclic) bond motifs is 1. The van der Waals surface area contributed by atoms with E-state index in [9.17, 15) is 13.2 Å². The Balaban J connectivity index is 1.39. The van der Waals surface area contributed by atoms with Gasteiger partial charge in [-0.15, -0.1) is 0 Å². The normalized spacial score (nSPS) is 12.0. The van der Waals surface area contributed by atoms with Crippen LogP contribution in [0.5, 0.6) is 0 Å². The molecule has 0 radical (unpaired) electrons.